The van der Waals surface area contributed by atoms with Crippen LogP contribution in [0.5, 0.6) is 5.75 Å². The van der Waals surface area contributed by atoms with Crippen LogP contribution in [0.4, 0.5) is 5.82 Å². The fraction of sp³-hybridized carbons (Fsp3) is 0.333. The Kier molecular flexibility index (Phi) is 5.94. The van der Waals surface area contributed by atoms with Gasteiger partial charge in [0.2, 0.25) is 0 Å². The zero-order valence-electron chi connectivity index (χ0n) is 18.1. The SMILES string of the molecule is COc1ccc(-c2nnc(SCc3nc(N)c4ccccc4n3)n2C2CCCCC2)cc1. The molecule has 32 heavy (non-hydrogen) atoms. The van der Waals surface area contributed by atoms with E-state index in [1.165, 1.54) is 19.3 Å². The van der Waals surface area contributed by atoms with Crippen molar-refractivity contribution in [2.45, 2.75) is 49.1 Å². The van der Waals surface area contributed by atoms with Gasteiger partial charge in [-0.3, -0.25) is 4.57 Å². The van der Waals surface area contributed by atoms with E-state index < -0.39 is 0 Å². The Bertz CT molecular complexity index is 1220. The van der Waals surface area contributed by atoms with E-state index in [0.29, 0.717) is 23.4 Å². The summed E-state index contributed by atoms with van der Waals surface area (Å²) >= 11 is 1.62. The third-order valence-corrected chi connectivity index (χ3v) is 6.90. The Morgan fingerprint density at radius 3 is 2.56 bits per heavy atom. The average Bonchev–Trinajstić information content (AvgIpc) is 3.27. The normalized spacial score (nSPS) is 14.7. The second kappa shape index (κ2) is 9.16. The zero-order valence-corrected chi connectivity index (χ0v) is 18.9. The highest BCUT2D eigenvalue weighted by atomic mass is 32.2. The lowest BCUT2D eigenvalue weighted by Gasteiger charge is -2.25. The number of para-hydroxylation sites is 1. The first-order valence-corrected chi connectivity index (χ1v) is 11.9. The lowest BCUT2D eigenvalue weighted by Crippen LogP contribution is -2.15. The van der Waals surface area contributed by atoms with Gasteiger partial charge in [0.15, 0.2) is 11.0 Å². The number of nitrogen functional groups attached to an aromatic ring is 1. The minimum atomic E-state index is 0.404. The number of rotatable bonds is 6. The monoisotopic (exact) mass is 446 g/mol. The number of nitrogens with zero attached hydrogens (tertiary/aromatic N) is 5. The fourth-order valence-electron chi connectivity index (χ4n) is 4.33. The Morgan fingerprint density at radius 1 is 1.00 bits per heavy atom. The van der Waals surface area contributed by atoms with E-state index in [-0.39, 0.29) is 0 Å². The predicted octanol–water partition coefficient (Wildman–Crippen LogP) is 5.28. The number of methoxy groups -OCH3 is 1. The Hall–Kier alpha value is -3.13. The summed E-state index contributed by atoms with van der Waals surface area (Å²) in [4.78, 5) is 9.21. The van der Waals surface area contributed by atoms with Gasteiger partial charge < -0.3 is 10.5 Å². The van der Waals surface area contributed by atoms with E-state index >= 15 is 0 Å². The molecule has 2 heterocycles. The minimum Gasteiger partial charge on any atom is -0.497 e. The third kappa shape index (κ3) is 4.14. The number of hydrogen-bond acceptors (Lipinski definition) is 7. The number of ether oxygens (including phenoxy) is 1. The van der Waals surface area contributed by atoms with Crippen LogP contribution in [0, 0.1) is 0 Å². The summed E-state index contributed by atoms with van der Waals surface area (Å²) in [6.07, 6.45) is 6.06. The molecule has 5 rings (SSSR count). The highest BCUT2D eigenvalue weighted by Gasteiger charge is 2.24. The number of hydrogen-bond donors (Lipinski definition) is 1. The van der Waals surface area contributed by atoms with Crippen molar-refractivity contribution < 1.29 is 4.74 Å². The first-order chi connectivity index (χ1) is 15.7. The van der Waals surface area contributed by atoms with Gasteiger partial charge in [-0.2, -0.15) is 0 Å². The molecule has 0 spiro atoms. The second-order valence-corrected chi connectivity index (χ2v) is 8.97. The molecule has 1 fully saturated rings. The quantitative estimate of drug-likeness (QED) is 0.403. The molecule has 1 saturated carbocycles. The van der Waals surface area contributed by atoms with Crippen molar-refractivity contribution in [3.63, 3.8) is 0 Å². The first kappa shape index (κ1) is 20.8. The Labute approximate surface area is 191 Å². The molecule has 4 aromatic rings. The Morgan fingerprint density at radius 2 is 1.78 bits per heavy atom. The first-order valence-electron chi connectivity index (χ1n) is 11.0. The summed E-state index contributed by atoms with van der Waals surface area (Å²) < 4.78 is 7.63. The number of benzene rings is 2. The van der Waals surface area contributed by atoms with Gasteiger partial charge in [0, 0.05) is 17.0 Å². The van der Waals surface area contributed by atoms with Gasteiger partial charge in [0.05, 0.1) is 18.4 Å². The lowest BCUT2D eigenvalue weighted by atomic mass is 9.95. The van der Waals surface area contributed by atoms with E-state index in [2.05, 4.69) is 19.7 Å². The van der Waals surface area contributed by atoms with Crippen LogP contribution in [0.1, 0.15) is 44.0 Å². The van der Waals surface area contributed by atoms with E-state index in [0.717, 1.165) is 46.0 Å². The van der Waals surface area contributed by atoms with Crippen LogP contribution >= 0.6 is 11.8 Å². The highest BCUT2D eigenvalue weighted by molar-refractivity contribution is 7.98. The topological polar surface area (TPSA) is 91.7 Å². The summed E-state index contributed by atoms with van der Waals surface area (Å²) in [6.45, 7) is 0. The smallest absolute Gasteiger partial charge is 0.192 e. The van der Waals surface area contributed by atoms with Crippen LogP contribution in [-0.4, -0.2) is 31.8 Å². The largest absolute Gasteiger partial charge is 0.497 e. The molecule has 8 heteroatoms. The molecule has 7 nitrogen and oxygen atoms in total. The third-order valence-electron chi connectivity index (χ3n) is 5.96. The maximum atomic E-state index is 6.17. The van der Waals surface area contributed by atoms with Gasteiger partial charge >= 0.3 is 0 Å². The maximum absolute atomic E-state index is 6.17. The molecule has 0 atom stereocenters. The summed E-state index contributed by atoms with van der Waals surface area (Å²) in [7, 11) is 1.68. The summed E-state index contributed by atoms with van der Waals surface area (Å²) in [5.74, 6) is 3.54. The molecule has 1 aliphatic rings. The van der Waals surface area contributed by atoms with Crippen molar-refractivity contribution in [2.75, 3.05) is 12.8 Å². The van der Waals surface area contributed by atoms with Crippen LogP contribution in [-0.2, 0) is 5.75 Å². The molecule has 0 bridgehead atoms. The van der Waals surface area contributed by atoms with E-state index in [4.69, 9.17) is 15.5 Å². The van der Waals surface area contributed by atoms with Gasteiger partial charge in [-0.1, -0.05) is 43.2 Å². The Balaban J connectivity index is 1.46. The van der Waals surface area contributed by atoms with Crippen LogP contribution in [0.25, 0.3) is 22.3 Å². The predicted molar refractivity (Wildman–Crippen MR) is 128 cm³/mol. The molecule has 0 aliphatic heterocycles. The standard InChI is InChI=1S/C24H26N6OS/c1-31-18-13-11-16(12-14-18)23-28-29-24(30(23)17-7-3-2-4-8-17)32-15-21-26-20-10-6-5-9-19(20)22(25)27-21/h5-6,9-14,17H,2-4,7-8,15H2,1H3,(H2,25,26,27). The van der Waals surface area contributed by atoms with Gasteiger partial charge in [-0.05, 0) is 49.2 Å². The van der Waals surface area contributed by atoms with Crippen LogP contribution in [0.3, 0.4) is 0 Å². The molecule has 0 saturated heterocycles. The maximum Gasteiger partial charge on any atom is 0.192 e. The number of nitrogens with two attached hydrogens (primary N) is 1. The molecular formula is C24H26N6OS. The fourth-order valence-corrected chi connectivity index (χ4v) is 5.19. The molecule has 2 N–H and O–H groups in total. The lowest BCUT2D eigenvalue weighted by molar-refractivity contribution is 0.339. The number of fused-ring (bicyclic) bond motifs is 1. The average molecular weight is 447 g/mol. The summed E-state index contributed by atoms with van der Waals surface area (Å²) in [5, 5.41) is 10.9. The minimum absolute atomic E-state index is 0.404. The molecule has 0 amide bonds. The van der Waals surface area contributed by atoms with Crippen LogP contribution in [0.15, 0.2) is 53.7 Å². The molecule has 164 valence electrons. The van der Waals surface area contributed by atoms with Gasteiger partial charge in [0.25, 0.3) is 0 Å². The highest BCUT2D eigenvalue weighted by Crippen LogP contribution is 2.36. The summed E-state index contributed by atoms with van der Waals surface area (Å²) in [6, 6.07) is 16.3. The molecule has 0 unspecified atom stereocenters. The van der Waals surface area contributed by atoms with Gasteiger partial charge in [-0.15, -0.1) is 10.2 Å². The molecule has 1 aliphatic carbocycles. The molecule has 0 radical (unpaired) electrons. The summed E-state index contributed by atoms with van der Waals surface area (Å²) in [5.41, 5.74) is 8.08. The van der Waals surface area contributed by atoms with Crippen LogP contribution < -0.4 is 10.5 Å². The second-order valence-electron chi connectivity index (χ2n) is 8.03. The molecular weight excluding hydrogens is 420 g/mol. The van der Waals surface area contributed by atoms with Crippen molar-refractivity contribution in [1.82, 2.24) is 24.7 Å². The number of aromatic nitrogens is 5. The molecule has 2 aromatic carbocycles. The van der Waals surface area contributed by atoms with Crippen molar-refractivity contribution >= 4 is 28.5 Å². The van der Waals surface area contributed by atoms with E-state index in [1.54, 1.807) is 18.9 Å². The van der Waals surface area contributed by atoms with Crippen molar-refractivity contribution in [1.29, 1.82) is 0 Å². The number of thioether (sulfide) groups is 1. The zero-order chi connectivity index (χ0) is 21.9. The van der Waals surface area contributed by atoms with Crippen molar-refractivity contribution in [2.24, 2.45) is 0 Å². The molecule has 2 aromatic heterocycles. The number of anilines is 1. The van der Waals surface area contributed by atoms with E-state index in [1.807, 2.05) is 48.5 Å². The van der Waals surface area contributed by atoms with Crippen LogP contribution in [0.2, 0.25) is 0 Å². The van der Waals surface area contributed by atoms with Gasteiger partial charge in [0.1, 0.15) is 17.4 Å². The van der Waals surface area contributed by atoms with Gasteiger partial charge in [-0.25, -0.2) is 9.97 Å². The van der Waals surface area contributed by atoms with Crippen molar-refractivity contribution in [3.05, 3.63) is 54.4 Å². The van der Waals surface area contributed by atoms with E-state index in [9.17, 15) is 0 Å². The van der Waals surface area contributed by atoms with Crippen molar-refractivity contribution in [3.8, 4) is 17.1 Å².